The van der Waals surface area contributed by atoms with Crippen LogP contribution in [0.3, 0.4) is 0 Å². The Morgan fingerprint density at radius 1 is 1.27 bits per heavy atom. The molecule has 1 nitrogen and oxygen atoms in total. The van der Waals surface area contributed by atoms with Crippen molar-refractivity contribution in [2.75, 3.05) is 18.6 Å². The third-order valence-electron chi connectivity index (χ3n) is 3.61. The zero-order chi connectivity index (χ0) is 11.1. The van der Waals surface area contributed by atoms with Crippen LogP contribution >= 0.6 is 11.8 Å². The molecular formula is C13H27NS. The van der Waals surface area contributed by atoms with Crippen molar-refractivity contribution in [3.05, 3.63) is 0 Å². The van der Waals surface area contributed by atoms with E-state index in [-0.39, 0.29) is 0 Å². The normalized spacial score (nSPS) is 27.2. The van der Waals surface area contributed by atoms with Gasteiger partial charge in [0.05, 0.1) is 0 Å². The molecule has 15 heavy (non-hydrogen) atoms. The number of nitrogens with one attached hydrogen (secondary N) is 1. The van der Waals surface area contributed by atoms with Crippen molar-refractivity contribution in [3.63, 3.8) is 0 Å². The van der Waals surface area contributed by atoms with Crippen molar-refractivity contribution in [2.45, 2.75) is 52.0 Å². The quantitative estimate of drug-likeness (QED) is 0.699. The van der Waals surface area contributed by atoms with E-state index in [0.29, 0.717) is 0 Å². The van der Waals surface area contributed by atoms with E-state index in [9.17, 15) is 0 Å². The van der Waals surface area contributed by atoms with Gasteiger partial charge in [0.25, 0.3) is 0 Å². The van der Waals surface area contributed by atoms with Gasteiger partial charge in [-0.25, -0.2) is 0 Å². The molecule has 1 saturated carbocycles. The highest BCUT2D eigenvalue weighted by Gasteiger charge is 2.26. The van der Waals surface area contributed by atoms with E-state index in [2.05, 4.69) is 25.4 Å². The zero-order valence-electron chi connectivity index (χ0n) is 10.6. The minimum Gasteiger partial charge on any atom is -0.314 e. The van der Waals surface area contributed by atoms with Crippen LogP contribution in [0.25, 0.3) is 0 Å². The molecule has 1 fully saturated rings. The van der Waals surface area contributed by atoms with E-state index in [4.69, 9.17) is 0 Å². The monoisotopic (exact) mass is 229 g/mol. The Morgan fingerprint density at radius 3 is 2.67 bits per heavy atom. The van der Waals surface area contributed by atoms with Gasteiger partial charge in [-0.05, 0) is 49.7 Å². The minimum absolute atomic E-state index is 0.806. The molecule has 0 aromatic rings. The lowest BCUT2D eigenvalue weighted by molar-refractivity contribution is 0.206. The summed E-state index contributed by atoms with van der Waals surface area (Å²) in [7, 11) is 0. The Kier molecular flexibility index (Phi) is 6.74. The van der Waals surface area contributed by atoms with Gasteiger partial charge >= 0.3 is 0 Å². The van der Waals surface area contributed by atoms with Gasteiger partial charge in [-0.15, -0.1) is 0 Å². The molecule has 2 unspecified atom stereocenters. The summed E-state index contributed by atoms with van der Waals surface area (Å²) in [6, 6.07) is 0.806. The molecule has 0 aliphatic heterocycles. The van der Waals surface area contributed by atoms with Crippen molar-refractivity contribution < 1.29 is 0 Å². The fourth-order valence-electron chi connectivity index (χ4n) is 2.71. The van der Waals surface area contributed by atoms with Crippen LogP contribution in [0.2, 0.25) is 0 Å². The molecule has 1 N–H and O–H groups in total. The van der Waals surface area contributed by atoms with Crippen molar-refractivity contribution in [1.29, 1.82) is 0 Å². The minimum atomic E-state index is 0.806. The zero-order valence-corrected chi connectivity index (χ0v) is 11.4. The van der Waals surface area contributed by atoms with Gasteiger partial charge in [-0.2, -0.15) is 11.8 Å². The SMILES string of the molecule is CSCCCNC1CCCCC1C(C)C. The average molecular weight is 229 g/mol. The molecule has 1 aliphatic carbocycles. The van der Waals surface area contributed by atoms with Crippen molar-refractivity contribution >= 4 is 11.8 Å². The van der Waals surface area contributed by atoms with Crippen LogP contribution in [0.1, 0.15) is 46.0 Å². The molecule has 1 rings (SSSR count). The first-order chi connectivity index (χ1) is 7.25. The van der Waals surface area contributed by atoms with E-state index in [0.717, 1.165) is 17.9 Å². The Hall–Kier alpha value is 0.310. The van der Waals surface area contributed by atoms with Crippen LogP contribution in [-0.2, 0) is 0 Å². The van der Waals surface area contributed by atoms with Gasteiger partial charge in [0, 0.05) is 6.04 Å². The van der Waals surface area contributed by atoms with E-state index in [1.165, 1.54) is 44.4 Å². The van der Waals surface area contributed by atoms with E-state index in [1.54, 1.807) is 0 Å². The van der Waals surface area contributed by atoms with Crippen LogP contribution in [0.15, 0.2) is 0 Å². The maximum Gasteiger partial charge on any atom is 0.00977 e. The molecule has 0 aromatic carbocycles. The summed E-state index contributed by atoms with van der Waals surface area (Å²) >= 11 is 1.96. The maximum absolute atomic E-state index is 3.77. The predicted octanol–water partition coefficient (Wildman–Crippen LogP) is 3.54. The molecule has 0 radical (unpaired) electrons. The molecule has 1 aliphatic rings. The molecule has 0 bridgehead atoms. The highest BCUT2D eigenvalue weighted by Crippen LogP contribution is 2.30. The number of hydrogen-bond acceptors (Lipinski definition) is 2. The second-order valence-corrected chi connectivity index (χ2v) is 6.08. The lowest BCUT2D eigenvalue weighted by Gasteiger charge is -2.35. The third-order valence-corrected chi connectivity index (χ3v) is 4.30. The summed E-state index contributed by atoms with van der Waals surface area (Å²) in [4.78, 5) is 0. The average Bonchev–Trinajstić information content (AvgIpc) is 2.25. The summed E-state index contributed by atoms with van der Waals surface area (Å²) in [5, 5.41) is 3.77. The van der Waals surface area contributed by atoms with E-state index in [1.807, 2.05) is 11.8 Å². The molecular weight excluding hydrogens is 202 g/mol. The van der Waals surface area contributed by atoms with Gasteiger partial charge < -0.3 is 5.32 Å². The Bertz CT molecular complexity index is 159. The molecule has 2 atom stereocenters. The highest BCUT2D eigenvalue weighted by molar-refractivity contribution is 7.98. The summed E-state index contributed by atoms with van der Waals surface area (Å²) in [5.41, 5.74) is 0. The molecule has 0 aromatic heterocycles. The topological polar surface area (TPSA) is 12.0 Å². The van der Waals surface area contributed by atoms with Crippen LogP contribution in [0.5, 0.6) is 0 Å². The molecule has 0 amide bonds. The highest BCUT2D eigenvalue weighted by atomic mass is 32.2. The summed E-state index contributed by atoms with van der Waals surface area (Å²) in [5.74, 6) is 3.07. The van der Waals surface area contributed by atoms with Gasteiger partial charge in [0.1, 0.15) is 0 Å². The predicted molar refractivity (Wildman–Crippen MR) is 71.6 cm³/mol. The first kappa shape index (κ1) is 13.4. The molecule has 0 heterocycles. The lowest BCUT2D eigenvalue weighted by Crippen LogP contribution is -2.41. The largest absolute Gasteiger partial charge is 0.314 e. The standard InChI is InChI=1S/C13H27NS/c1-11(2)12-7-4-5-8-13(12)14-9-6-10-15-3/h11-14H,4-10H2,1-3H3. The maximum atomic E-state index is 3.77. The second kappa shape index (κ2) is 7.56. The summed E-state index contributed by atoms with van der Waals surface area (Å²) in [6.45, 7) is 5.98. The fraction of sp³-hybridized carbons (Fsp3) is 1.00. The van der Waals surface area contributed by atoms with Crippen molar-refractivity contribution in [3.8, 4) is 0 Å². The van der Waals surface area contributed by atoms with Crippen molar-refractivity contribution in [1.82, 2.24) is 5.32 Å². The van der Waals surface area contributed by atoms with Crippen LogP contribution in [-0.4, -0.2) is 24.6 Å². The molecule has 2 heteroatoms. The number of thioether (sulfide) groups is 1. The molecule has 0 spiro atoms. The first-order valence-corrected chi connectivity index (χ1v) is 7.87. The van der Waals surface area contributed by atoms with Crippen LogP contribution < -0.4 is 5.32 Å². The van der Waals surface area contributed by atoms with Crippen LogP contribution in [0, 0.1) is 11.8 Å². The van der Waals surface area contributed by atoms with Gasteiger partial charge in [0.15, 0.2) is 0 Å². The van der Waals surface area contributed by atoms with Gasteiger partial charge in [0.2, 0.25) is 0 Å². The lowest BCUT2D eigenvalue weighted by atomic mass is 9.78. The van der Waals surface area contributed by atoms with Gasteiger partial charge in [-0.3, -0.25) is 0 Å². The molecule has 0 saturated heterocycles. The van der Waals surface area contributed by atoms with Crippen molar-refractivity contribution in [2.24, 2.45) is 11.8 Å². The fourth-order valence-corrected chi connectivity index (χ4v) is 3.15. The van der Waals surface area contributed by atoms with E-state index >= 15 is 0 Å². The number of hydrogen-bond donors (Lipinski definition) is 1. The number of rotatable bonds is 6. The molecule has 90 valence electrons. The van der Waals surface area contributed by atoms with E-state index < -0.39 is 0 Å². The Labute approximate surface area is 99.8 Å². The third kappa shape index (κ3) is 4.78. The second-order valence-electron chi connectivity index (χ2n) is 5.10. The van der Waals surface area contributed by atoms with Crippen LogP contribution in [0.4, 0.5) is 0 Å². The Morgan fingerprint density at radius 2 is 2.00 bits per heavy atom. The first-order valence-electron chi connectivity index (χ1n) is 6.48. The van der Waals surface area contributed by atoms with Gasteiger partial charge in [-0.1, -0.05) is 26.7 Å². The Balaban J connectivity index is 2.23. The smallest absolute Gasteiger partial charge is 0.00977 e. The summed E-state index contributed by atoms with van der Waals surface area (Å²) in [6.07, 6.45) is 9.25. The summed E-state index contributed by atoms with van der Waals surface area (Å²) < 4.78 is 0.